The maximum atomic E-state index is 13.3. The first kappa shape index (κ1) is 11.7. The lowest BCUT2D eigenvalue weighted by atomic mass is 9.88. The number of rotatable bonds is 0. The van der Waals surface area contributed by atoms with Gasteiger partial charge in [0.25, 0.3) is 9.34 Å². The Morgan fingerprint density at radius 1 is 1.29 bits per heavy atom. The summed E-state index contributed by atoms with van der Waals surface area (Å²) >= 11 is 0.422. The van der Waals surface area contributed by atoms with Crippen molar-refractivity contribution in [1.29, 1.82) is 5.26 Å². The molecule has 14 heavy (non-hydrogen) atoms. The fourth-order valence-electron chi connectivity index (χ4n) is 0.966. The molecule has 0 saturated carbocycles. The van der Waals surface area contributed by atoms with Crippen LogP contribution in [0.3, 0.4) is 0 Å². The number of hydrogen-bond acceptors (Lipinski definition) is 1. The molecular formula is C7H3F5IN. The fourth-order valence-corrected chi connectivity index (χ4v) is 1.56. The zero-order chi connectivity index (χ0) is 11.2. The Balaban J connectivity index is 3.33. The zero-order valence-corrected chi connectivity index (χ0v) is 8.60. The number of hydrogen-bond donors (Lipinski definition) is 0. The van der Waals surface area contributed by atoms with Gasteiger partial charge < -0.3 is 0 Å². The van der Waals surface area contributed by atoms with Crippen LogP contribution in [0.25, 0.3) is 0 Å². The SMILES string of the molecule is N#CC1(F)C=CC(F)C(F)(F)C1(F)I. The molecule has 1 aliphatic carbocycles. The van der Waals surface area contributed by atoms with Crippen molar-refractivity contribution >= 4 is 22.6 Å². The molecule has 0 aromatic carbocycles. The van der Waals surface area contributed by atoms with E-state index in [1.165, 1.54) is 0 Å². The van der Waals surface area contributed by atoms with Crippen molar-refractivity contribution in [1.82, 2.24) is 0 Å². The highest BCUT2D eigenvalue weighted by molar-refractivity contribution is 14.1. The molecular weight excluding hydrogens is 320 g/mol. The summed E-state index contributed by atoms with van der Waals surface area (Å²) in [5.74, 6) is -4.56. The van der Waals surface area contributed by atoms with Gasteiger partial charge in [-0.25, -0.2) is 13.2 Å². The lowest BCUT2D eigenvalue weighted by Crippen LogP contribution is -2.59. The van der Waals surface area contributed by atoms with Gasteiger partial charge in [0.2, 0.25) is 0 Å². The fraction of sp³-hybridized carbons (Fsp3) is 0.571. The van der Waals surface area contributed by atoms with E-state index in [0.717, 1.165) is 6.07 Å². The minimum atomic E-state index is -4.56. The van der Waals surface area contributed by atoms with E-state index in [1.54, 1.807) is 0 Å². The summed E-state index contributed by atoms with van der Waals surface area (Å²) in [6.07, 6.45) is -2.59. The third-order valence-corrected chi connectivity index (χ3v) is 3.38. The smallest absolute Gasteiger partial charge is 0.236 e. The Hall–Kier alpha value is -0.390. The molecule has 0 N–H and O–H groups in total. The molecule has 0 aliphatic heterocycles. The van der Waals surface area contributed by atoms with Crippen LogP contribution in [0.5, 0.6) is 0 Å². The van der Waals surface area contributed by atoms with Gasteiger partial charge in [0.1, 0.15) is 6.07 Å². The summed E-state index contributed by atoms with van der Waals surface area (Å²) in [6.45, 7) is 0. The second kappa shape index (κ2) is 3.05. The molecule has 0 bridgehead atoms. The molecule has 78 valence electrons. The lowest BCUT2D eigenvalue weighted by molar-refractivity contribution is -0.155. The Bertz CT molecular complexity index is 321. The van der Waals surface area contributed by atoms with E-state index in [2.05, 4.69) is 0 Å². The highest BCUT2D eigenvalue weighted by Crippen LogP contribution is 2.53. The van der Waals surface area contributed by atoms with E-state index in [9.17, 15) is 22.0 Å². The summed E-state index contributed by atoms with van der Waals surface area (Å²) in [4.78, 5) is 0. The normalized spacial score (nSPS) is 45.9. The standard InChI is InChI=1S/C7H3F5IN/c8-4-1-2-5(9,3-14)7(12,13)6(4,10)11/h1-2,4H. The first-order chi connectivity index (χ1) is 6.19. The molecule has 0 saturated heterocycles. The average molecular weight is 323 g/mol. The third-order valence-electron chi connectivity index (χ3n) is 1.88. The van der Waals surface area contributed by atoms with Crippen LogP contribution in [-0.4, -0.2) is 21.4 Å². The number of alkyl halides is 6. The maximum Gasteiger partial charge on any atom is 0.329 e. The van der Waals surface area contributed by atoms with Crippen LogP contribution in [0.4, 0.5) is 22.0 Å². The van der Waals surface area contributed by atoms with E-state index in [0.29, 0.717) is 22.6 Å². The van der Waals surface area contributed by atoms with Gasteiger partial charge in [-0.05, 0) is 34.7 Å². The highest BCUT2D eigenvalue weighted by atomic mass is 127. The number of allylic oxidation sites excluding steroid dienone is 2. The molecule has 0 amide bonds. The van der Waals surface area contributed by atoms with E-state index in [1.807, 2.05) is 0 Å². The molecule has 1 aliphatic rings. The topological polar surface area (TPSA) is 23.8 Å². The largest absolute Gasteiger partial charge is 0.329 e. The van der Waals surface area contributed by atoms with Gasteiger partial charge in [0, 0.05) is 0 Å². The third kappa shape index (κ3) is 1.23. The summed E-state index contributed by atoms with van der Waals surface area (Å²) in [7, 11) is 0. The molecule has 1 rings (SSSR count). The molecule has 7 heteroatoms. The Morgan fingerprint density at radius 2 is 1.79 bits per heavy atom. The molecule has 0 aromatic heterocycles. The van der Waals surface area contributed by atoms with E-state index >= 15 is 0 Å². The van der Waals surface area contributed by atoms with Crippen molar-refractivity contribution in [3.05, 3.63) is 12.2 Å². The van der Waals surface area contributed by atoms with Gasteiger partial charge >= 0.3 is 5.92 Å². The van der Waals surface area contributed by atoms with Gasteiger partial charge in [-0.3, -0.25) is 0 Å². The van der Waals surface area contributed by atoms with E-state index in [-0.39, 0.29) is 12.2 Å². The minimum absolute atomic E-state index is 0.152. The Morgan fingerprint density at radius 3 is 2.21 bits per heavy atom. The van der Waals surface area contributed by atoms with Crippen molar-refractivity contribution in [2.75, 3.05) is 0 Å². The van der Waals surface area contributed by atoms with Crippen LogP contribution >= 0.6 is 22.6 Å². The zero-order valence-electron chi connectivity index (χ0n) is 6.45. The molecule has 3 unspecified atom stereocenters. The van der Waals surface area contributed by atoms with Crippen molar-refractivity contribution in [3.63, 3.8) is 0 Å². The van der Waals surface area contributed by atoms with Crippen LogP contribution in [0, 0.1) is 11.3 Å². The molecule has 0 fully saturated rings. The van der Waals surface area contributed by atoms with Crippen LogP contribution < -0.4 is 0 Å². The molecule has 0 spiro atoms. The average Bonchev–Trinajstić information content (AvgIpc) is 2.10. The van der Waals surface area contributed by atoms with Crippen molar-refractivity contribution < 1.29 is 22.0 Å². The predicted octanol–water partition coefficient (Wildman–Crippen LogP) is 2.86. The second-order valence-electron chi connectivity index (χ2n) is 2.78. The van der Waals surface area contributed by atoms with Crippen LogP contribution in [0.1, 0.15) is 0 Å². The van der Waals surface area contributed by atoms with Gasteiger partial charge in [-0.2, -0.15) is 14.0 Å². The maximum absolute atomic E-state index is 13.3. The van der Waals surface area contributed by atoms with Crippen molar-refractivity contribution in [2.45, 2.75) is 21.4 Å². The summed E-state index contributed by atoms with van der Waals surface area (Å²) in [6, 6.07) is 0.764. The van der Waals surface area contributed by atoms with Crippen LogP contribution in [-0.2, 0) is 0 Å². The van der Waals surface area contributed by atoms with Gasteiger partial charge in [0.15, 0.2) is 6.17 Å². The Kier molecular flexibility index (Phi) is 2.54. The number of halogens is 6. The van der Waals surface area contributed by atoms with E-state index < -0.39 is 21.4 Å². The Labute approximate surface area is 89.7 Å². The predicted molar refractivity (Wildman–Crippen MR) is 46.3 cm³/mol. The van der Waals surface area contributed by atoms with E-state index in [4.69, 9.17) is 5.26 Å². The first-order valence-electron chi connectivity index (χ1n) is 3.38. The quantitative estimate of drug-likeness (QED) is 0.291. The van der Waals surface area contributed by atoms with Gasteiger partial charge in [-0.1, -0.05) is 0 Å². The number of nitriles is 1. The van der Waals surface area contributed by atoms with Crippen molar-refractivity contribution in [2.24, 2.45) is 0 Å². The molecule has 0 aromatic rings. The minimum Gasteiger partial charge on any atom is -0.236 e. The van der Waals surface area contributed by atoms with Crippen LogP contribution in [0.2, 0.25) is 0 Å². The van der Waals surface area contributed by atoms with Crippen molar-refractivity contribution in [3.8, 4) is 6.07 Å². The molecule has 3 atom stereocenters. The summed E-state index contributed by atoms with van der Waals surface area (Å²) in [5.41, 5.74) is -3.51. The lowest BCUT2D eigenvalue weighted by Gasteiger charge is -2.38. The molecule has 0 heterocycles. The molecule has 1 nitrogen and oxygen atoms in total. The monoisotopic (exact) mass is 323 g/mol. The first-order valence-corrected chi connectivity index (χ1v) is 4.46. The summed E-state index contributed by atoms with van der Waals surface area (Å²) < 4.78 is 61.0. The van der Waals surface area contributed by atoms with Crippen LogP contribution in [0.15, 0.2) is 12.2 Å². The number of nitrogens with zero attached hydrogens (tertiary/aromatic N) is 1. The van der Waals surface area contributed by atoms with Gasteiger partial charge in [0.05, 0.1) is 0 Å². The highest BCUT2D eigenvalue weighted by Gasteiger charge is 2.72. The second-order valence-corrected chi connectivity index (χ2v) is 4.27. The van der Waals surface area contributed by atoms with Gasteiger partial charge in [-0.15, -0.1) is 0 Å². The molecule has 0 radical (unpaired) electrons. The summed E-state index contributed by atoms with van der Waals surface area (Å²) in [5, 5.41) is 8.23.